The largest absolute Gasteiger partial charge is 0.480 e. The number of unbranched alkanes of at least 4 members (excludes halogenated alkanes) is 1. The minimum atomic E-state index is -1.17. The highest BCUT2D eigenvalue weighted by Crippen LogP contribution is 2.02. The van der Waals surface area contributed by atoms with Crippen LogP contribution in [0, 0.1) is 0 Å². The van der Waals surface area contributed by atoms with E-state index in [9.17, 15) is 19.2 Å². The van der Waals surface area contributed by atoms with E-state index in [0.717, 1.165) is 6.42 Å². The van der Waals surface area contributed by atoms with E-state index in [1.54, 1.807) is 0 Å². The molecule has 0 aromatic heterocycles. The summed E-state index contributed by atoms with van der Waals surface area (Å²) in [6.07, 6.45) is 1.78. The first-order valence-corrected chi connectivity index (χ1v) is 7.49. The second-order valence-electron chi connectivity index (χ2n) is 5.34. The van der Waals surface area contributed by atoms with Gasteiger partial charge in [0.1, 0.15) is 18.1 Å². The van der Waals surface area contributed by atoms with Gasteiger partial charge < -0.3 is 26.8 Å². The maximum atomic E-state index is 12.2. The van der Waals surface area contributed by atoms with E-state index < -0.39 is 35.9 Å². The smallest absolute Gasteiger partial charge is 0.325 e. The van der Waals surface area contributed by atoms with Crippen LogP contribution < -0.4 is 21.7 Å². The van der Waals surface area contributed by atoms with E-state index in [1.165, 1.54) is 20.8 Å². The van der Waals surface area contributed by atoms with Crippen molar-refractivity contribution in [3.8, 4) is 0 Å². The van der Waals surface area contributed by atoms with E-state index in [1.807, 2.05) is 0 Å². The molecule has 0 aromatic carbocycles. The van der Waals surface area contributed by atoms with E-state index in [2.05, 4.69) is 16.0 Å². The fourth-order valence-electron chi connectivity index (χ4n) is 1.79. The number of carboxylic acid groups (broad SMARTS) is 1. The van der Waals surface area contributed by atoms with Crippen molar-refractivity contribution in [1.29, 1.82) is 0 Å². The van der Waals surface area contributed by atoms with Gasteiger partial charge in [0.25, 0.3) is 0 Å². The molecular weight excluding hydrogens is 304 g/mol. The molecule has 0 rings (SSSR count). The van der Waals surface area contributed by atoms with Gasteiger partial charge in [-0.05, 0) is 39.7 Å². The van der Waals surface area contributed by atoms with Crippen LogP contribution in [0.2, 0.25) is 0 Å². The highest BCUT2D eigenvalue weighted by Gasteiger charge is 2.24. The fourth-order valence-corrected chi connectivity index (χ4v) is 1.79. The highest BCUT2D eigenvalue weighted by molar-refractivity contribution is 5.92. The minimum Gasteiger partial charge on any atom is -0.480 e. The number of amides is 3. The number of nitrogens with one attached hydrogen (secondary N) is 3. The Bertz CT molecular complexity index is 441. The Balaban J connectivity index is 4.59. The van der Waals surface area contributed by atoms with E-state index >= 15 is 0 Å². The maximum absolute atomic E-state index is 12.2. The van der Waals surface area contributed by atoms with E-state index in [0.29, 0.717) is 19.4 Å². The van der Waals surface area contributed by atoms with Crippen molar-refractivity contribution in [2.75, 3.05) is 6.54 Å². The van der Waals surface area contributed by atoms with Gasteiger partial charge >= 0.3 is 5.97 Å². The van der Waals surface area contributed by atoms with Gasteiger partial charge in [-0.3, -0.25) is 19.2 Å². The molecule has 0 bridgehead atoms. The summed E-state index contributed by atoms with van der Waals surface area (Å²) in [7, 11) is 0. The fraction of sp³-hybridized carbons (Fsp3) is 0.714. The first kappa shape index (κ1) is 20.8. The molecule has 0 aromatic rings. The third kappa shape index (κ3) is 8.77. The monoisotopic (exact) mass is 330 g/mol. The number of carbonyl (C=O) groups excluding carboxylic acids is 3. The van der Waals surface area contributed by atoms with E-state index in [4.69, 9.17) is 10.8 Å². The molecule has 0 aliphatic heterocycles. The first-order chi connectivity index (χ1) is 10.7. The molecule has 0 saturated heterocycles. The predicted octanol–water partition coefficient (Wildman–Crippen LogP) is -1.29. The lowest BCUT2D eigenvalue weighted by molar-refractivity contribution is -0.141. The van der Waals surface area contributed by atoms with Gasteiger partial charge in [-0.15, -0.1) is 0 Å². The molecule has 0 saturated carbocycles. The Labute approximate surface area is 135 Å². The van der Waals surface area contributed by atoms with Crippen LogP contribution in [-0.4, -0.2) is 53.5 Å². The van der Waals surface area contributed by atoms with Gasteiger partial charge in [0.2, 0.25) is 17.7 Å². The lowest BCUT2D eigenvalue weighted by atomic mass is 10.1. The van der Waals surface area contributed by atoms with Crippen molar-refractivity contribution >= 4 is 23.7 Å². The molecule has 1 unspecified atom stereocenters. The summed E-state index contributed by atoms with van der Waals surface area (Å²) >= 11 is 0. The molecule has 0 heterocycles. The van der Waals surface area contributed by atoms with Crippen molar-refractivity contribution in [2.45, 2.75) is 58.2 Å². The lowest BCUT2D eigenvalue weighted by Gasteiger charge is -2.21. The average Bonchev–Trinajstić information content (AvgIpc) is 2.45. The Kier molecular flexibility index (Phi) is 9.56. The third-order valence-electron chi connectivity index (χ3n) is 3.12. The number of hydrogen-bond donors (Lipinski definition) is 5. The second-order valence-corrected chi connectivity index (χ2v) is 5.34. The third-order valence-corrected chi connectivity index (χ3v) is 3.12. The van der Waals surface area contributed by atoms with Crippen LogP contribution >= 0.6 is 0 Å². The summed E-state index contributed by atoms with van der Waals surface area (Å²) < 4.78 is 0. The molecule has 0 fully saturated rings. The summed E-state index contributed by atoms with van der Waals surface area (Å²) in [5.74, 6) is -2.64. The van der Waals surface area contributed by atoms with Crippen LogP contribution in [0.3, 0.4) is 0 Å². The Hall–Kier alpha value is -2.16. The molecule has 3 atom stereocenters. The predicted molar refractivity (Wildman–Crippen MR) is 83.4 cm³/mol. The Morgan fingerprint density at radius 1 is 0.957 bits per heavy atom. The van der Waals surface area contributed by atoms with Crippen molar-refractivity contribution in [2.24, 2.45) is 5.73 Å². The molecule has 9 nitrogen and oxygen atoms in total. The van der Waals surface area contributed by atoms with Gasteiger partial charge in [-0.2, -0.15) is 0 Å². The van der Waals surface area contributed by atoms with Gasteiger partial charge in [0.15, 0.2) is 0 Å². The van der Waals surface area contributed by atoms with Crippen LogP contribution in [0.5, 0.6) is 0 Å². The summed E-state index contributed by atoms with van der Waals surface area (Å²) in [5.41, 5.74) is 5.39. The standard InChI is InChI=1S/C14H26N4O5/c1-8(12(20)17-9(2)14(22)23)16-13(21)11(18-10(3)19)6-4-5-7-15/h8-9,11H,4-7,15H2,1-3H3,(H,16,21)(H,17,20)(H,18,19)(H,22,23)/t8-,9?,11-/m0/s1. The average molecular weight is 330 g/mol. The molecule has 0 aliphatic rings. The van der Waals surface area contributed by atoms with Crippen LogP contribution in [0.4, 0.5) is 0 Å². The quantitative estimate of drug-likeness (QED) is 0.315. The second kappa shape index (κ2) is 10.5. The zero-order valence-corrected chi connectivity index (χ0v) is 13.7. The number of hydrogen-bond acceptors (Lipinski definition) is 5. The maximum Gasteiger partial charge on any atom is 0.325 e. The van der Waals surface area contributed by atoms with Crippen molar-refractivity contribution in [3.63, 3.8) is 0 Å². The molecule has 3 amide bonds. The Morgan fingerprint density at radius 3 is 2.00 bits per heavy atom. The van der Waals surface area contributed by atoms with Gasteiger partial charge in [0, 0.05) is 6.92 Å². The number of carbonyl (C=O) groups is 4. The summed E-state index contributed by atoms with van der Waals surface area (Å²) in [4.78, 5) is 45.8. The van der Waals surface area contributed by atoms with Crippen LogP contribution in [0.1, 0.15) is 40.0 Å². The van der Waals surface area contributed by atoms with Crippen LogP contribution in [0.15, 0.2) is 0 Å². The van der Waals surface area contributed by atoms with Gasteiger partial charge in [-0.25, -0.2) is 0 Å². The zero-order valence-electron chi connectivity index (χ0n) is 13.7. The van der Waals surface area contributed by atoms with Gasteiger partial charge in [0.05, 0.1) is 0 Å². The molecule has 132 valence electrons. The number of rotatable bonds is 10. The van der Waals surface area contributed by atoms with Crippen LogP contribution in [0.25, 0.3) is 0 Å². The number of nitrogens with two attached hydrogens (primary N) is 1. The summed E-state index contributed by atoms with van der Waals surface area (Å²) in [6.45, 7) is 4.54. The minimum absolute atomic E-state index is 0.352. The van der Waals surface area contributed by atoms with Gasteiger partial charge in [-0.1, -0.05) is 0 Å². The first-order valence-electron chi connectivity index (χ1n) is 7.49. The molecule has 9 heteroatoms. The summed E-state index contributed by atoms with van der Waals surface area (Å²) in [6, 6.07) is -2.74. The van der Waals surface area contributed by atoms with Crippen molar-refractivity contribution in [1.82, 2.24) is 16.0 Å². The highest BCUT2D eigenvalue weighted by atomic mass is 16.4. The van der Waals surface area contributed by atoms with Crippen LogP contribution in [-0.2, 0) is 19.2 Å². The molecule has 0 radical (unpaired) electrons. The lowest BCUT2D eigenvalue weighted by Crippen LogP contribution is -2.54. The SMILES string of the molecule is CC(=O)N[C@@H](CCCCN)C(=O)N[C@@H](C)C(=O)NC(C)C(=O)O. The van der Waals surface area contributed by atoms with Crippen molar-refractivity contribution < 1.29 is 24.3 Å². The molecule has 0 spiro atoms. The number of carboxylic acids is 1. The molecule has 0 aliphatic carbocycles. The molecule has 6 N–H and O–H groups in total. The molecular formula is C14H26N4O5. The number of aliphatic carboxylic acids is 1. The van der Waals surface area contributed by atoms with Crippen molar-refractivity contribution in [3.05, 3.63) is 0 Å². The normalized spacial score (nSPS) is 14.3. The zero-order chi connectivity index (χ0) is 18.0. The molecule has 23 heavy (non-hydrogen) atoms. The summed E-state index contributed by atoms with van der Waals surface area (Å²) in [5, 5.41) is 16.0. The Morgan fingerprint density at radius 2 is 1.52 bits per heavy atom. The van der Waals surface area contributed by atoms with E-state index in [-0.39, 0.29) is 5.91 Å². The topological polar surface area (TPSA) is 151 Å².